The summed E-state index contributed by atoms with van der Waals surface area (Å²) >= 11 is 0. The molecule has 1 aliphatic rings. The van der Waals surface area contributed by atoms with Gasteiger partial charge in [-0.25, -0.2) is 4.79 Å². The van der Waals surface area contributed by atoms with Crippen LogP contribution in [0.5, 0.6) is 0 Å². The number of esters is 1. The first-order valence-corrected chi connectivity index (χ1v) is 7.36. The van der Waals surface area contributed by atoms with E-state index in [1.54, 1.807) is 25.1 Å². The van der Waals surface area contributed by atoms with E-state index >= 15 is 0 Å². The lowest BCUT2D eigenvalue weighted by atomic mass is 9.93. The molecule has 0 unspecified atom stereocenters. The van der Waals surface area contributed by atoms with Crippen molar-refractivity contribution in [3.05, 3.63) is 45.3 Å². The second-order valence-electron chi connectivity index (χ2n) is 5.48. The summed E-state index contributed by atoms with van der Waals surface area (Å²) in [5.74, 6) is 0.309. The van der Waals surface area contributed by atoms with Crippen LogP contribution in [0.3, 0.4) is 0 Å². The van der Waals surface area contributed by atoms with Crippen LogP contribution in [0.4, 0.5) is 0 Å². The quantitative estimate of drug-likeness (QED) is 0.798. The number of methoxy groups -OCH3 is 1. The molecule has 116 valence electrons. The van der Waals surface area contributed by atoms with E-state index in [2.05, 4.69) is 0 Å². The molecular weight excluding hydrogens is 284 g/mol. The van der Waals surface area contributed by atoms with Crippen LogP contribution in [0, 0.1) is 6.92 Å². The normalized spacial score (nSPS) is 15.9. The number of rotatable bonds is 2. The summed E-state index contributed by atoms with van der Waals surface area (Å²) in [5, 5.41) is 0.413. The molecule has 0 saturated carbocycles. The third-order valence-electron chi connectivity index (χ3n) is 4.18. The van der Waals surface area contributed by atoms with Gasteiger partial charge in [0.2, 0.25) is 0 Å². The van der Waals surface area contributed by atoms with Crippen LogP contribution in [0.2, 0.25) is 0 Å². The standard InChI is InChI=1S/C17H18O5/c1-10-14(18)12-4-3-5-13(17(19)20-2)16(12)22-15(10)11-6-8-21-9-7-11/h3-5,11H,6-9H2,1-2H3. The van der Waals surface area contributed by atoms with E-state index in [9.17, 15) is 9.59 Å². The van der Waals surface area contributed by atoms with Gasteiger partial charge < -0.3 is 13.9 Å². The molecule has 0 spiro atoms. The molecule has 0 atom stereocenters. The highest BCUT2D eigenvalue weighted by Gasteiger charge is 2.24. The average molecular weight is 302 g/mol. The molecule has 0 radical (unpaired) electrons. The van der Waals surface area contributed by atoms with Gasteiger partial charge in [0.15, 0.2) is 11.0 Å². The van der Waals surface area contributed by atoms with Crippen molar-refractivity contribution in [2.75, 3.05) is 20.3 Å². The van der Waals surface area contributed by atoms with Gasteiger partial charge in [-0.15, -0.1) is 0 Å². The summed E-state index contributed by atoms with van der Waals surface area (Å²) in [6.07, 6.45) is 1.63. The van der Waals surface area contributed by atoms with Gasteiger partial charge >= 0.3 is 5.97 Å². The minimum atomic E-state index is -0.504. The van der Waals surface area contributed by atoms with Crippen LogP contribution < -0.4 is 5.43 Å². The monoisotopic (exact) mass is 302 g/mol. The van der Waals surface area contributed by atoms with E-state index in [0.29, 0.717) is 35.5 Å². The Bertz CT molecular complexity index is 768. The fraction of sp³-hybridized carbons (Fsp3) is 0.412. The number of para-hydroxylation sites is 1. The van der Waals surface area contributed by atoms with Crippen molar-refractivity contribution in [2.24, 2.45) is 0 Å². The van der Waals surface area contributed by atoms with E-state index < -0.39 is 5.97 Å². The van der Waals surface area contributed by atoms with Crippen molar-refractivity contribution >= 4 is 16.9 Å². The Balaban J connectivity index is 2.24. The van der Waals surface area contributed by atoms with Crippen LogP contribution in [0.1, 0.15) is 40.4 Å². The maximum atomic E-state index is 12.6. The first-order chi connectivity index (χ1) is 10.6. The minimum absolute atomic E-state index is 0.0894. The molecule has 0 aliphatic carbocycles. The second-order valence-corrected chi connectivity index (χ2v) is 5.48. The second kappa shape index (κ2) is 5.93. The summed E-state index contributed by atoms with van der Waals surface area (Å²) in [7, 11) is 1.31. The molecule has 1 aromatic heterocycles. The third-order valence-corrected chi connectivity index (χ3v) is 4.18. The zero-order valence-electron chi connectivity index (χ0n) is 12.7. The largest absolute Gasteiger partial charge is 0.465 e. The Morgan fingerprint density at radius 2 is 2.00 bits per heavy atom. The van der Waals surface area contributed by atoms with Crippen molar-refractivity contribution in [2.45, 2.75) is 25.7 Å². The Kier molecular flexibility index (Phi) is 3.98. The predicted molar refractivity (Wildman–Crippen MR) is 81.4 cm³/mol. The van der Waals surface area contributed by atoms with Crippen molar-refractivity contribution in [1.82, 2.24) is 0 Å². The SMILES string of the molecule is COC(=O)c1cccc2c(=O)c(C)c(C3CCOCC3)oc12. The first kappa shape index (κ1) is 14.8. The summed E-state index contributed by atoms with van der Waals surface area (Å²) < 4.78 is 16.2. The molecule has 1 aromatic carbocycles. The van der Waals surface area contributed by atoms with Crippen LogP contribution >= 0.6 is 0 Å². The van der Waals surface area contributed by atoms with E-state index in [-0.39, 0.29) is 16.9 Å². The Labute approximate surface area is 127 Å². The lowest BCUT2D eigenvalue weighted by molar-refractivity contribution is 0.0600. The molecule has 0 N–H and O–H groups in total. The average Bonchev–Trinajstić information content (AvgIpc) is 2.57. The lowest BCUT2D eigenvalue weighted by Crippen LogP contribution is -2.19. The molecule has 3 rings (SSSR count). The van der Waals surface area contributed by atoms with Gasteiger partial charge in [-0.05, 0) is 31.9 Å². The molecule has 1 fully saturated rings. The van der Waals surface area contributed by atoms with E-state index in [1.165, 1.54) is 7.11 Å². The Morgan fingerprint density at radius 1 is 1.27 bits per heavy atom. The molecule has 1 saturated heterocycles. The van der Waals surface area contributed by atoms with Crippen molar-refractivity contribution in [3.63, 3.8) is 0 Å². The molecular formula is C17H18O5. The van der Waals surface area contributed by atoms with Gasteiger partial charge in [0.1, 0.15) is 11.3 Å². The number of hydrogen-bond acceptors (Lipinski definition) is 5. The maximum Gasteiger partial charge on any atom is 0.341 e. The van der Waals surface area contributed by atoms with E-state index in [4.69, 9.17) is 13.9 Å². The third kappa shape index (κ3) is 2.41. The van der Waals surface area contributed by atoms with E-state index in [0.717, 1.165) is 12.8 Å². The summed E-state index contributed by atoms with van der Waals surface area (Å²) in [4.78, 5) is 24.5. The fourth-order valence-corrected chi connectivity index (χ4v) is 2.95. The van der Waals surface area contributed by atoms with Crippen LogP contribution in [-0.2, 0) is 9.47 Å². The van der Waals surface area contributed by atoms with Crippen LogP contribution in [0.25, 0.3) is 11.0 Å². The van der Waals surface area contributed by atoms with Gasteiger partial charge in [0, 0.05) is 24.7 Å². The molecule has 5 nitrogen and oxygen atoms in total. The number of fused-ring (bicyclic) bond motifs is 1. The molecule has 0 bridgehead atoms. The van der Waals surface area contributed by atoms with Crippen LogP contribution in [0.15, 0.2) is 27.4 Å². The molecule has 2 heterocycles. The summed E-state index contributed by atoms with van der Waals surface area (Å²) in [6, 6.07) is 4.95. The van der Waals surface area contributed by atoms with Crippen molar-refractivity contribution < 1.29 is 18.7 Å². The molecule has 2 aromatic rings. The Morgan fingerprint density at radius 3 is 2.68 bits per heavy atom. The summed E-state index contributed by atoms with van der Waals surface area (Å²) in [5.41, 5.74) is 1.12. The molecule has 5 heteroatoms. The zero-order valence-corrected chi connectivity index (χ0v) is 12.7. The first-order valence-electron chi connectivity index (χ1n) is 7.36. The highest BCUT2D eigenvalue weighted by atomic mass is 16.5. The Hall–Kier alpha value is -2.14. The minimum Gasteiger partial charge on any atom is -0.465 e. The maximum absolute atomic E-state index is 12.6. The van der Waals surface area contributed by atoms with Gasteiger partial charge in [0.25, 0.3) is 0 Å². The molecule has 22 heavy (non-hydrogen) atoms. The number of carbonyl (C=O) groups is 1. The van der Waals surface area contributed by atoms with Crippen LogP contribution in [-0.4, -0.2) is 26.3 Å². The predicted octanol–water partition coefficient (Wildman–Crippen LogP) is 2.78. The number of hydrogen-bond donors (Lipinski definition) is 0. The zero-order chi connectivity index (χ0) is 15.7. The van der Waals surface area contributed by atoms with Gasteiger partial charge in [0.05, 0.1) is 12.5 Å². The lowest BCUT2D eigenvalue weighted by Gasteiger charge is -2.22. The topological polar surface area (TPSA) is 65.7 Å². The van der Waals surface area contributed by atoms with Gasteiger partial charge in [-0.2, -0.15) is 0 Å². The molecule has 1 aliphatic heterocycles. The highest BCUT2D eigenvalue weighted by Crippen LogP contribution is 2.31. The smallest absolute Gasteiger partial charge is 0.341 e. The van der Waals surface area contributed by atoms with E-state index in [1.807, 2.05) is 0 Å². The summed E-state index contributed by atoms with van der Waals surface area (Å²) in [6.45, 7) is 3.09. The number of benzene rings is 1. The van der Waals surface area contributed by atoms with Gasteiger partial charge in [-0.1, -0.05) is 6.07 Å². The molecule has 0 amide bonds. The highest BCUT2D eigenvalue weighted by molar-refractivity contribution is 6.01. The van der Waals surface area contributed by atoms with Crippen molar-refractivity contribution in [1.29, 1.82) is 0 Å². The number of carbonyl (C=O) groups excluding carboxylic acids is 1. The number of ether oxygens (including phenoxy) is 2. The fourth-order valence-electron chi connectivity index (χ4n) is 2.95. The van der Waals surface area contributed by atoms with Gasteiger partial charge in [-0.3, -0.25) is 4.79 Å². The van der Waals surface area contributed by atoms with Crippen molar-refractivity contribution in [3.8, 4) is 0 Å².